The molecule has 0 bridgehead atoms. The lowest BCUT2D eigenvalue weighted by molar-refractivity contribution is -0.117. The van der Waals surface area contributed by atoms with E-state index in [4.69, 9.17) is 0 Å². The van der Waals surface area contributed by atoms with Gasteiger partial charge in [0, 0.05) is 43.4 Å². The highest BCUT2D eigenvalue weighted by Crippen LogP contribution is 2.42. The van der Waals surface area contributed by atoms with Crippen LogP contribution in [0.2, 0.25) is 0 Å². The molecule has 2 aliphatic heterocycles. The zero-order chi connectivity index (χ0) is 17.3. The normalized spacial score (nSPS) is 22.8. The highest BCUT2D eigenvalue weighted by Gasteiger charge is 2.48. The molecule has 2 saturated heterocycles. The summed E-state index contributed by atoms with van der Waals surface area (Å²) >= 11 is 1.60. The number of amides is 3. The van der Waals surface area contributed by atoms with E-state index in [2.05, 4.69) is 5.32 Å². The molecule has 0 aliphatic carbocycles. The van der Waals surface area contributed by atoms with E-state index in [-0.39, 0.29) is 17.4 Å². The first-order valence-electron chi connectivity index (χ1n) is 8.55. The average Bonchev–Trinajstić information content (AvgIpc) is 3.35. The second-order valence-corrected chi connectivity index (χ2v) is 7.73. The molecule has 25 heavy (non-hydrogen) atoms. The van der Waals surface area contributed by atoms with Crippen LogP contribution in [0.15, 0.2) is 47.2 Å². The van der Waals surface area contributed by atoms with Gasteiger partial charge in [-0.1, -0.05) is 30.3 Å². The lowest BCUT2D eigenvalue weighted by atomic mass is 9.86. The second kappa shape index (κ2) is 6.52. The van der Waals surface area contributed by atoms with E-state index in [9.17, 15) is 9.59 Å². The highest BCUT2D eigenvalue weighted by atomic mass is 32.1. The van der Waals surface area contributed by atoms with Gasteiger partial charge in [-0.2, -0.15) is 11.3 Å². The number of rotatable bonds is 3. The van der Waals surface area contributed by atoms with Gasteiger partial charge in [-0.15, -0.1) is 0 Å². The minimum absolute atomic E-state index is 0.0397. The summed E-state index contributed by atoms with van der Waals surface area (Å²) in [7, 11) is 0. The van der Waals surface area contributed by atoms with Gasteiger partial charge in [0.05, 0.1) is 5.69 Å². The fourth-order valence-corrected chi connectivity index (χ4v) is 4.45. The van der Waals surface area contributed by atoms with Gasteiger partial charge in [0.25, 0.3) is 0 Å². The Morgan fingerprint density at radius 1 is 1.20 bits per heavy atom. The van der Waals surface area contributed by atoms with Gasteiger partial charge in [0.2, 0.25) is 5.91 Å². The van der Waals surface area contributed by atoms with E-state index in [0.29, 0.717) is 32.6 Å². The summed E-state index contributed by atoms with van der Waals surface area (Å²) in [5.74, 6) is 0.171. The molecule has 2 aliphatic rings. The predicted molar refractivity (Wildman–Crippen MR) is 98.6 cm³/mol. The van der Waals surface area contributed by atoms with Gasteiger partial charge < -0.3 is 15.1 Å². The summed E-state index contributed by atoms with van der Waals surface area (Å²) in [6, 6.07) is 11.8. The Balaban J connectivity index is 1.36. The first-order chi connectivity index (χ1) is 12.2. The SMILES string of the molecule is O=C(NCc1ccccc1)N1CCC2(CC(=O)N(c3ccsc3)C2)C1. The topological polar surface area (TPSA) is 52.7 Å². The molecule has 3 heterocycles. The largest absolute Gasteiger partial charge is 0.334 e. The Morgan fingerprint density at radius 3 is 2.80 bits per heavy atom. The van der Waals surface area contributed by atoms with Crippen molar-refractivity contribution in [2.75, 3.05) is 24.5 Å². The molecule has 1 unspecified atom stereocenters. The lowest BCUT2D eigenvalue weighted by Crippen LogP contribution is -2.40. The number of nitrogens with zero attached hydrogens (tertiary/aromatic N) is 2. The minimum Gasteiger partial charge on any atom is -0.334 e. The number of nitrogens with one attached hydrogen (secondary N) is 1. The Labute approximate surface area is 151 Å². The van der Waals surface area contributed by atoms with E-state index < -0.39 is 0 Å². The smallest absolute Gasteiger partial charge is 0.317 e. The molecule has 3 amide bonds. The number of hydrogen-bond donors (Lipinski definition) is 1. The molecule has 2 aromatic rings. The fraction of sp³-hybridized carbons (Fsp3) is 0.368. The molecule has 6 heteroatoms. The number of urea groups is 1. The third-order valence-electron chi connectivity index (χ3n) is 5.15. The van der Waals surface area contributed by atoms with Crippen molar-refractivity contribution in [3.8, 4) is 0 Å². The van der Waals surface area contributed by atoms with E-state index in [1.54, 1.807) is 11.3 Å². The number of carbonyl (C=O) groups excluding carboxylic acids is 2. The summed E-state index contributed by atoms with van der Waals surface area (Å²) in [5.41, 5.74) is 1.98. The van der Waals surface area contributed by atoms with Crippen molar-refractivity contribution >= 4 is 29.0 Å². The number of likely N-dealkylation sites (tertiary alicyclic amines) is 1. The molecular weight excluding hydrogens is 334 g/mol. The summed E-state index contributed by atoms with van der Waals surface area (Å²) in [6.45, 7) is 2.61. The lowest BCUT2D eigenvalue weighted by Gasteiger charge is -2.24. The number of hydrogen-bond acceptors (Lipinski definition) is 3. The van der Waals surface area contributed by atoms with Crippen LogP contribution in [0, 0.1) is 5.41 Å². The van der Waals surface area contributed by atoms with Crippen LogP contribution in [0.1, 0.15) is 18.4 Å². The Hall–Kier alpha value is -2.34. The van der Waals surface area contributed by atoms with Gasteiger partial charge in [-0.05, 0) is 23.4 Å². The van der Waals surface area contributed by atoms with Crippen LogP contribution in [0.3, 0.4) is 0 Å². The highest BCUT2D eigenvalue weighted by molar-refractivity contribution is 7.08. The fourth-order valence-electron chi connectivity index (χ4n) is 3.81. The van der Waals surface area contributed by atoms with Crippen LogP contribution in [-0.4, -0.2) is 36.5 Å². The van der Waals surface area contributed by atoms with Crippen molar-refractivity contribution < 1.29 is 9.59 Å². The van der Waals surface area contributed by atoms with E-state index in [0.717, 1.165) is 17.7 Å². The third-order valence-corrected chi connectivity index (χ3v) is 5.82. The van der Waals surface area contributed by atoms with Crippen molar-refractivity contribution in [2.45, 2.75) is 19.4 Å². The number of thiophene rings is 1. The molecular formula is C19H21N3O2S. The zero-order valence-corrected chi connectivity index (χ0v) is 14.8. The van der Waals surface area contributed by atoms with Crippen LogP contribution >= 0.6 is 11.3 Å². The Bertz CT molecular complexity index is 762. The first-order valence-corrected chi connectivity index (χ1v) is 9.49. The number of carbonyl (C=O) groups is 2. The van der Waals surface area contributed by atoms with Crippen LogP contribution in [-0.2, 0) is 11.3 Å². The zero-order valence-electron chi connectivity index (χ0n) is 14.0. The molecule has 4 rings (SSSR count). The Kier molecular flexibility index (Phi) is 4.21. The summed E-state index contributed by atoms with van der Waals surface area (Å²) in [4.78, 5) is 28.6. The van der Waals surface area contributed by atoms with Crippen LogP contribution in [0.4, 0.5) is 10.5 Å². The summed E-state index contributed by atoms with van der Waals surface area (Å²) < 4.78 is 0. The summed E-state index contributed by atoms with van der Waals surface area (Å²) in [5, 5.41) is 6.99. The van der Waals surface area contributed by atoms with Crippen LogP contribution in [0.25, 0.3) is 0 Å². The van der Waals surface area contributed by atoms with Gasteiger partial charge in [-0.25, -0.2) is 4.79 Å². The van der Waals surface area contributed by atoms with Crippen molar-refractivity contribution in [1.82, 2.24) is 10.2 Å². The molecule has 0 radical (unpaired) electrons. The maximum Gasteiger partial charge on any atom is 0.317 e. The molecule has 1 N–H and O–H groups in total. The van der Waals surface area contributed by atoms with E-state index >= 15 is 0 Å². The number of benzene rings is 1. The van der Waals surface area contributed by atoms with Crippen molar-refractivity contribution in [3.05, 3.63) is 52.7 Å². The van der Waals surface area contributed by atoms with Crippen molar-refractivity contribution in [1.29, 1.82) is 0 Å². The molecule has 1 atom stereocenters. The molecule has 1 aromatic carbocycles. The molecule has 2 fully saturated rings. The standard InChI is InChI=1S/C19H21N3O2S/c23-17-10-19(14-22(17)16-6-9-25-12-16)7-8-21(13-19)18(24)20-11-15-4-2-1-3-5-15/h1-6,9,12H,7-8,10-11,13-14H2,(H,20,24). The van der Waals surface area contributed by atoms with Crippen LogP contribution < -0.4 is 10.2 Å². The van der Waals surface area contributed by atoms with Crippen LogP contribution in [0.5, 0.6) is 0 Å². The predicted octanol–water partition coefficient (Wildman–Crippen LogP) is 3.09. The van der Waals surface area contributed by atoms with Gasteiger partial charge in [0.1, 0.15) is 0 Å². The van der Waals surface area contributed by atoms with Gasteiger partial charge in [-0.3, -0.25) is 4.79 Å². The average molecular weight is 355 g/mol. The second-order valence-electron chi connectivity index (χ2n) is 6.95. The molecule has 1 spiro atoms. The Morgan fingerprint density at radius 2 is 2.04 bits per heavy atom. The van der Waals surface area contributed by atoms with E-state index in [1.807, 2.05) is 57.0 Å². The van der Waals surface area contributed by atoms with Crippen molar-refractivity contribution in [2.24, 2.45) is 5.41 Å². The van der Waals surface area contributed by atoms with Crippen molar-refractivity contribution in [3.63, 3.8) is 0 Å². The monoisotopic (exact) mass is 355 g/mol. The molecule has 5 nitrogen and oxygen atoms in total. The maximum absolute atomic E-state index is 12.5. The summed E-state index contributed by atoms with van der Waals surface area (Å²) in [6.07, 6.45) is 1.42. The third kappa shape index (κ3) is 3.26. The first kappa shape index (κ1) is 16.1. The quantitative estimate of drug-likeness (QED) is 0.920. The van der Waals surface area contributed by atoms with Gasteiger partial charge >= 0.3 is 6.03 Å². The van der Waals surface area contributed by atoms with Gasteiger partial charge in [0.15, 0.2) is 0 Å². The maximum atomic E-state index is 12.5. The van der Waals surface area contributed by atoms with E-state index in [1.165, 1.54) is 0 Å². The molecule has 0 saturated carbocycles. The molecule has 1 aromatic heterocycles. The minimum atomic E-state index is -0.0941. The number of anilines is 1. The molecule has 130 valence electrons.